The zero-order valence-corrected chi connectivity index (χ0v) is 15.1. The molecule has 28 heavy (non-hydrogen) atoms. The van der Waals surface area contributed by atoms with Gasteiger partial charge in [0.15, 0.2) is 0 Å². The summed E-state index contributed by atoms with van der Waals surface area (Å²) in [5.74, 6) is -0.404. The molecule has 0 unspecified atom stereocenters. The highest BCUT2D eigenvalue weighted by Crippen LogP contribution is 2.16. The smallest absolute Gasteiger partial charge is 0.274 e. The first-order chi connectivity index (χ1) is 13.5. The molecule has 0 aliphatic carbocycles. The quantitative estimate of drug-likeness (QED) is 0.610. The number of carbonyl (C=O) groups excluding carboxylic acids is 3. The number of aromatic nitrogens is 1. The minimum Gasteiger partial charge on any atom is -0.467 e. The molecule has 0 saturated heterocycles. The zero-order chi connectivity index (χ0) is 19.9. The molecule has 2 aromatic heterocycles. The van der Waals surface area contributed by atoms with Crippen LogP contribution in [0.25, 0.3) is 0 Å². The summed E-state index contributed by atoms with van der Waals surface area (Å²) in [6.45, 7) is 1.64. The number of nitrogens with zero attached hydrogens (tertiary/aromatic N) is 1. The fourth-order valence-electron chi connectivity index (χ4n) is 2.45. The van der Waals surface area contributed by atoms with E-state index < -0.39 is 5.91 Å². The first-order valence-electron chi connectivity index (χ1n) is 8.47. The van der Waals surface area contributed by atoms with Crippen molar-refractivity contribution in [1.29, 1.82) is 0 Å². The SMILES string of the molecule is CC(=O)Nc1cccc(NC(=O)c2cc(C(=O)NCc3ccco3)ccn2)c1. The van der Waals surface area contributed by atoms with E-state index in [0.717, 1.165) is 0 Å². The summed E-state index contributed by atoms with van der Waals surface area (Å²) in [6, 6.07) is 13.1. The van der Waals surface area contributed by atoms with Crippen molar-refractivity contribution in [2.75, 3.05) is 10.6 Å². The Morgan fingerprint density at radius 1 is 0.964 bits per heavy atom. The molecular formula is C20H18N4O4. The van der Waals surface area contributed by atoms with Gasteiger partial charge in [-0.3, -0.25) is 19.4 Å². The molecule has 8 heteroatoms. The average molecular weight is 378 g/mol. The lowest BCUT2D eigenvalue weighted by atomic mass is 10.2. The molecule has 0 aliphatic rings. The van der Waals surface area contributed by atoms with Crippen LogP contribution in [0.1, 0.15) is 33.5 Å². The Labute approximate surface area is 161 Å². The van der Waals surface area contributed by atoms with Crippen molar-refractivity contribution >= 4 is 29.1 Å². The normalized spacial score (nSPS) is 10.2. The van der Waals surface area contributed by atoms with Crippen LogP contribution in [-0.4, -0.2) is 22.7 Å². The van der Waals surface area contributed by atoms with Gasteiger partial charge < -0.3 is 20.4 Å². The van der Waals surface area contributed by atoms with Gasteiger partial charge >= 0.3 is 0 Å². The maximum atomic E-state index is 12.5. The molecule has 3 aromatic rings. The lowest BCUT2D eigenvalue weighted by Crippen LogP contribution is -2.23. The van der Waals surface area contributed by atoms with Crippen LogP contribution >= 0.6 is 0 Å². The number of nitrogens with one attached hydrogen (secondary N) is 3. The number of benzene rings is 1. The fourth-order valence-corrected chi connectivity index (χ4v) is 2.45. The molecule has 0 radical (unpaired) electrons. The largest absolute Gasteiger partial charge is 0.467 e. The molecule has 0 atom stereocenters. The lowest BCUT2D eigenvalue weighted by Gasteiger charge is -2.08. The number of hydrogen-bond donors (Lipinski definition) is 3. The van der Waals surface area contributed by atoms with E-state index >= 15 is 0 Å². The maximum Gasteiger partial charge on any atom is 0.274 e. The summed E-state index contributed by atoms with van der Waals surface area (Å²) in [4.78, 5) is 39.9. The standard InChI is InChI=1S/C20H18N4O4/c1-13(25)23-15-4-2-5-16(11-15)24-20(27)18-10-14(7-8-21-18)19(26)22-12-17-6-3-9-28-17/h2-11H,12H2,1H3,(H,22,26)(H,23,25)(H,24,27). The van der Waals surface area contributed by atoms with Gasteiger partial charge in [0.05, 0.1) is 12.8 Å². The van der Waals surface area contributed by atoms with Gasteiger partial charge in [-0.15, -0.1) is 0 Å². The third kappa shape index (κ3) is 5.04. The van der Waals surface area contributed by atoms with Gasteiger partial charge in [0, 0.05) is 30.1 Å². The van der Waals surface area contributed by atoms with E-state index in [-0.39, 0.29) is 24.1 Å². The number of furan rings is 1. The van der Waals surface area contributed by atoms with E-state index in [1.54, 1.807) is 36.4 Å². The summed E-state index contributed by atoms with van der Waals surface area (Å²) < 4.78 is 5.16. The molecule has 0 saturated carbocycles. The molecule has 2 heterocycles. The van der Waals surface area contributed by atoms with Crippen LogP contribution in [0.15, 0.2) is 65.4 Å². The molecule has 0 spiro atoms. The van der Waals surface area contributed by atoms with Crippen molar-refractivity contribution in [3.05, 3.63) is 78.0 Å². The summed E-state index contributed by atoms with van der Waals surface area (Å²) in [5.41, 5.74) is 1.45. The van der Waals surface area contributed by atoms with E-state index in [1.807, 2.05) is 0 Å². The van der Waals surface area contributed by atoms with Gasteiger partial charge in [-0.2, -0.15) is 0 Å². The van der Waals surface area contributed by atoms with Crippen molar-refractivity contribution in [2.24, 2.45) is 0 Å². The highest BCUT2D eigenvalue weighted by Gasteiger charge is 2.13. The lowest BCUT2D eigenvalue weighted by molar-refractivity contribution is -0.114. The molecule has 142 valence electrons. The Balaban J connectivity index is 1.66. The van der Waals surface area contributed by atoms with Crippen LogP contribution in [0, 0.1) is 0 Å². The Hall–Kier alpha value is -3.94. The molecule has 3 rings (SSSR count). The minimum absolute atomic E-state index is 0.0931. The first kappa shape index (κ1) is 18.8. The molecule has 8 nitrogen and oxygen atoms in total. The van der Waals surface area contributed by atoms with Crippen molar-refractivity contribution in [3.8, 4) is 0 Å². The molecular weight excluding hydrogens is 360 g/mol. The second-order valence-corrected chi connectivity index (χ2v) is 5.91. The third-order valence-electron chi connectivity index (χ3n) is 3.70. The summed E-state index contributed by atoms with van der Waals surface area (Å²) >= 11 is 0. The average Bonchev–Trinajstić information content (AvgIpc) is 3.19. The van der Waals surface area contributed by atoms with Crippen molar-refractivity contribution in [3.63, 3.8) is 0 Å². The zero-order valence-electron chi connectivity index (χ0n) is 15.1. The van der Waals surface area contributed by atoms with Gasteiger partial charge in [-0.1, -0.05) is 6.07 Å². The van der Waals surface area contributed by atoms with E-state index in [1.165, 1.54) is 31.5 Å². The van der Waals surface area contributed by atoms with Gasteiger partial charge in [-0.05, 0) is 42.5 Å². The molecule has 0 bridgehead atoms. The van der Waals surface area contributed by atoms with Crippen LogP contribution < -0.4 is 16.0 Å². The molecule has 0 aliphatic heterocycles. The predicted octanol–water partition coefficient (Wildman–Crippen LogP) is 2.82. The molecule has 0 fully saturated rings. The second kappa shape index (κ2) is 8.63. The monoisotopic (exact) mass is 378 g/mol. The third-order valence-corrected chi connectivity index (χ3v) is 3.70. The number of rotatable bonds is 6. The Morgan fingerprint density at radius 2 is 1.75 bits per heavy atom. The van der Waals surface area contributed by atoms with Crippen molar-refractivity contribution < 1.29 is 18.8 Å². The summed E-state index contributed by atoms with van der Waals surface area (Å²) in [5, 5.41) is 8.04. The highest BCUT2D eigenvalue weighted by atomic mass is 16.3. The molecule has 3 N–H and O–H groups in total. The predicted molar refractivity (Wildman–Crippen MR) is 103 cm³/mol. The Bertz CT molecular complexity index is 999. The van der Waals surface area contributed by atoms with Crippen molar-refractivity contribution in [1.82, 2.24) is 10.3 Å². The number of carbonyl (C=O) groups is 3. The summed E-state index contributed by atoms with van der Waals surface area (Å²) in [7, 11) is 0. The van der Waals surface area contributed by atoms with Crippen LogP contribution in [0.2, 0.25) is 0 Å². The van der Waals surface area contributed by atoms with Crippen LogP contribution in [0.4, 0.5) is 11.4 Å². The topological polar surface area (TPSA) is 113 Å². The number of anilines is 2. The molecule has 1 aromatic carbocycles. The minimum atomic E-state index is -0.472. The van der Waals surface area contributed by atoms with Crippen LogP contribution in [-0.2, 0) is 11.3 Å². The number of amides is 3. The fraction of sp³-hybridized carbons (Fsp3) is 0.100. The number of hydrogen-bond acceptors (Lipinski definition) is 5. The van der Waals surface area contributed by atoms with E-state index in [0.29, 0.717) is 22.7 Å². The van der Waals surface area contributed by atoms with Gasteiger partial charge in [0.1, 0.15) is 11.5 Å². The summed E-state index contributed by atoms with van der Waals surface area (Å²) in [6.07, 6.45) is 2.92. The second-order valence-electron chi connectivity index (χ2n) is 5.91. The molecule has 3 amide bonds. The number of pyridine rings is 1. The maximum absolute atomic E-state index is 12.5. The van der Waals surface area contributed by atoms with E-state index in [4.69, 9.17) is 4.42 Å². The highest BCUT2D eigenvalue weighted by molar-refractivity contribution is 6.05. The van der Waals surface area contributed by atoms with E-state index in [9.17, 15) is 14.4 Å². The van der Waals surface area contributed by atoms with Gasteiger partial charge in [0.2, 0.25) is 5.91 Å². The van der Waals surface area contributed by atoms with E-state index in [2.05, 4.69) is 20.9 Å². The Morgan fingerprint density at radius 3 is 2.46 bits per heavy atom. The van der Waals surface area contributed by atoms with Crippen LogP contribution in [0.5, 0.6) is 0 Å². The Kier molecular flexibility index (Phi) is 5.81. The first-order valence-corrected chi connectivity index (χ1v) is 8.47. The van der Waals surface area contributed by atoms with Gasteiger partial charge in [0.25, 0.3) is 11.8 Å². The van der Waals surface area contributed by atoms with Crippen molar-refractivity contribution in [2.45, 2.75) is 13.5 Å². The van der Waals surface area contributed by atoms with Crippen LogP contribution in [0.3, 0.4) is 0 Å². The van der Waals surface area contributed by atoms with Gasteiger partial charge in [-0.25, -0.2) is 0 Å².